The van der Waals surface area contributed by atoms with E-state index in [1.54, 1.807) is 0 Å². The van der Waals surface area contributed by atoms with Crippen molar-refractivity contribution in [3.8, 4) is 11.4 Å². The second-order valence-corrected chi connectivity index (χ2v) is 4.53. The summed E-state index contributed by atoms with van der Waals surface area (Å²) in [5.74, 6) is -2.76. The Morgan fingerprint density at radius 3 is 2.67 bits per heavy atom. The number of carboxylic acid groups (broad SMARTS) is 1. The molecule has 106 valence electrons. The van der Waals surface area contributed by atoms with Crippen molar-refractivity contribution in [3.63, 3.8) is 0 Å². The van der Waals surface area contributed by atoms with E-state index in [2.05, 4.69) is 10.2 Å². The third kappa shape index (κ3) is 2.03. The molecular formula is C14H9F2N3O2. The lowest BCUT2D eigenvalue weighted by molar-refractivity contribution is 0.0696. The van der Waals surface area contributed by atoms with Gasteiger partial charge >= 0.3 is 5.97 Å². The molecular weight excluding hydrogens is 280 g/mol. The van der Waals surface area contributed by atoms with Crippen LogP contribution < -0.4 is 0 Å². The molecule has 0 spiro atoms. The summed E-state index contributed by atoms with van der Waals surface area (Å²) >= 11 is 0. The SMILES string of the molecule is Cc1ccc(F)c(-c2nnc3ccc(C(=O)O)cn23)c1F. The van der Waals surface area contributed by atoms with Gasteiger partial charge < -0.3 is 5.11 Å². The standard InChI is InChI=1S/C14H9F2N3O2/c1-7-2-4-9(15)11(12(7)16)13-18-17-10-5-3-8(14(20)21)6-19(10)13/h2-6H,1H3,(H,20,21). The molecule has 0 aliphatic heterocycles. The molecule has 0 bridgehead atoms. The number of carbonyl (C=O) groups is 1. The van der Waals surface area contributed by atoms with E-state index in [4.69, 9.17) is 5.11 Å². The first-order valence-electron chi connectivity index (χ1n) is 6.02. The summed E-state index contributed by atoms with van der Waals surface area (Å²) in [7, 11) is 0. The fourth-order valence-corrected chi connectivity index (χ4v) is 2.05. The fraction of sp³-hybridized carbons (Fsp3) is 0.0714. The van der Waals surface area contributed by atoms with Gasteiger partial charge in [-0.1, -0.05) is 6.07 Å². The Morgan fingerprint density at radius 2 is 1.95 bits per heavy atom. The predicted octanol–water partition coefficient (Wildman–Crippen LogP) is 2.68. The molecule has 1 aromatic carbocycles. The first-order valence-corrected chi connectivity index (χ1v) is 6.02. The summed E-state index contributed by atoms with van der Waals surface area (Å²) in [6.45, 7) is 1.50. The van der Waals surface area contributed by atoms with Crippen LogP contribution in [-0.2, 0) is 0 Å². The highest BCUT2D eigenvalue weighted by Gasteiger charge is 2.19. The second kappa shape index (κ2) is 4.62. The van der Waals surface area contributed by atoms with Crippen molar-refractivity contribution in [1.29, 1.82) is 0 Å². The number of aromatic carboxylic acids is 1. The van der Waals surface area contributed by atoms with E-state index in [1.165, 1.54) is 35.7 Å². The molecule has 3 rings (SSSR count). The molecule has 0 saturated carbocycles. The van der Waals surface area contributed by atoms with Crippen molar-refractivity contribution in [3.05, 3.63) is 53.2 Å². The van der Waals surface area contributed by atoms with Crippen LogP contribution in [0.2, 0.25) is 0 Å². The maximum absolute atomic E-state index is 14.2. The molecule has 1 N–H and O–H groups in total. The molecule has 21 heavy (non-hydrogen) atoms. The number of carboxylic acids is 1. The van der Waals surface area contributed by atoms with Crippen molar-refractivity contribution >= 4 is 11.6 Å². The van der Waals surface area contributed by atoms with Crippen molar-refractivity contribution in [1.82, 2.24) is 14.6 Å². The topological polar surface area (TPSA) is 67.5 Å². The zero-order valence-electron chi connectivity index (χ0n) is 10.8. The van der Waals surface area contributed by atoms with Gasteiger partial charge in [-0.05, 0) is 30.7 Å². The number of benzene rings is 1. The van der Waals surface area contributed by atoms with Gasteiger partial charge in [0.15, 0.2) is 11.5 Å². The van der Waals surface area contributed by atoms with Crippen LogP contribution in [0.1, 0.15) is 15.9 Å². The van der Waals surface area contributed by atoms with Crippen LogP contribution in [0.5, 0.6) is 0 Å². The Bertz CT molecular complexity index is 874. The van der Waals surface area contributed by atoms with Crippen LogP contribution in [0, 0.1) is 18.6 Å². The zero-order chi connectivity index (χ0) is 15.1. The number of fused-ring (bicyclic) bond motifs is 1. The summed E-state index contributed by atoms with van der Waals surface area (Å²) in [5.41, 5.74) is 0.204. The quantitative estimate of drug-likeness (QED) is 0.787. The Hall–Kier alpha value is -2.83. The minimum absolute atomic E-state index is 0.0305. The summed E-state index contributed by atoms with van der Waals surface area (Å²) in [4.78, 5) is 11.0. The van der Waals surface area contributed by atoms with Gasteiger partial charge in [0.05, 0.1) is 11.1 Å². The zero-order valence-corrected chi connectivity index (χ0v) is 10.8. The van der Waals surface area contributed by atoms with Crippen LogP contribution in [0.15, 0.2) is 30.5 Å². The van der Waals surface area contributed by atoms with Crippen LogP contribution >= 0.6 is 0 Å². The molecule has 0 fully saturated rings. The minimum Gasteiger partial charge on any atom is -0.478 e. The summed E-state index contributed by atoms with van der Waals surface area (Å²) in [6, 6.07) is 5.22. The lowest BCUT2D eigenvalue weighted by Gasteiger charge is -2.06. The monoisotopic (exact) mass is 289 g/mol. The van der Waals surface area contributed by atoms with Crippen molar-refractivity contribution in [2.45, 2.75) is 6.92 Å². The van der Waals surface area contributed by atoms with Gasteiger partial charge in [0.2, 0.25) is 0 Å². The predicted molar refractivity (Wildman–Crippen MR) is 70.0 cm³/mol. The number of halogens is 2. The van der Waals surface area contributed by atoms with E-state index in [0.717, 1.165) is 6.07 Å². The molecule has 2 heterocycles. The molecule has 0 atom stereocenters. The smallest absolute Gasteiger partial charge is 0.337 e. The molecule has 3 aromatic rings. The highest BCUT2D eigenvalue weighted by atomic mass is 19.1. The van der Waals surface area contributed by atoms with E-state index >= 15 is 0 Å². The van der Waals surface area contributed by atoms with Gasteiger partial charge in [-0.15, -0.1) is 10.2 Å². The second-order valence-electron chi connectivity index (χ2n) is 4.53. The summed E-state index contributed by atoms with van der Waals surface area (Å²) in [5, 5.41) is 16.6. The average Bonchev–Trinajstić information content (AvgIpc) is 2.86. The number of aromatic nitrogens is 3. The Labute approximate surface area is 117 Å². The first kappa shape index (κ1) is 13.2. The number of pyridine rings is 1. The third-order valence-electron chi connectivity index (χ3n) is 3.16. The highest BCUT2D eigenvalue weighted by Crippen LogP contribution is 2.27. The number of hydrogen-bond donors (Lipinski definition) is 1. The lowest BCUT2D eigenvalue weighted by atomic mass is 10.1. The molecule has 5 nitrogen and oxygen atoms in total. The largest absolute Gasteiger partial charge is 0.478 e. The summed E-state index contributed by atoms with van der Waals surface area (Å²) < 4.78 is 29.4. The van der Waals surface area contributed by atoms with Crippen LogP contribution in [0.25, 0.3) is 17.0 Å². The fourth-order valence-electron chi connectivity index (χ4n) is 2.05. The Balaban J connectivity index is 2.33. The molecule has 0 aliphatic rings. The average molecular weight is 289 g/mol. The van der Waals surface area contributed by atoms with E-state index in [0.29, 0.717) is 5.65 Å². The lowest BCUT2D eigenvalue weighted by Crippen LogP contribution is -2.01. The van der Waals surface area contributed by atoms with E-state index in [9.17, 15) is 13.6 Å². The first-order chi connectivity index (χ1) is 9.99. The van der Waals surface area contributed by atoms with E-state index in [1.807, 2.05) is 0 Å². The molecule has 0 amide bonds. The molecule has 0 radical (unpaired) electrons. The molecule has 7 heteroatoms. The number of rotatable bonds is 2. The van der Waals surface area contributed by atoms with Crippen molar-refractivity contribution in [2.75, 3.05) is 0 Å². The van der Waals surface area contributed by atoms with Gasteiger partial charge in [-0.25, -0.2) is 13.6 Å². The molecule has 2 aromatic heterocycles. The maximum atomic E-state index is 14.2. The molecule has 0 saturated heterocycles. The highest BCUT2D eigenvalue weighted by molar-refractivity contribution is 5.87. The van der Waals surface area contributed by atoms with Gasteiger partial charge in [0.25, 0.3) is 0 Å². The van der Waals surface area contributed by atoms with Gasteiger partial charge in [-0.3, -0.25) is 4.40 Å². The van der Waals surface area contributed by atoms with Crippen molar-refractivity contribution in [2.24, 2.45) is 0 Å². The van der Waals surface area contributed by atoms with Crippen LogP contribution in [0.4, 0.5) is 8.78 Å². The number of nitrogens with zero attached hydrogens (tertiary/aromatic N) is 3. The third-order valence-corrected chi connectivity index (χ3v) is 3.16. The maximum Gasteiger partial charge on any atom is 0.337 e. The number of aryl methyl sites for hydroxylation is 1. The van der Waals surface area contributed by atoms with E-state index < -0.39 is 17.6 Å². The number of hydrogen-bond acceptors (Lipinski definition) is 3. The minimum atomic E-state index is -1.15. The Morgan fingerprint density at radius 1 is 1.19 bits per heavy atom. The van der Waals surface area contributed by atoms with Crippen LogP contribution in [0.3, 0.4) is 0 Å². The Kier molecular flexibility index (Phi) is 2.90. The van der Waals surface area contributed by atoms with Gasteiger partial charge in [0.1, 0.15) is 11.6 Å². The van der Waals surface area contributed by atoms with Gasteiger partial charge in [-0.2, -0.15) is 0 Å². The van der Waals surface area contributed by atoms with Crippen LogP contribution in [-0.4, -0.2) is 25.7 Å². The molecule has 0 aliphatic carbocycles. The molecule has 0 unspecified atom stereocenters. The van der Waals surface area contributed by atoms with Gasteiger partial charge in [0, 0.05) is 6.20 Å². The summed E-state index contributed by atoms with van der Waals surface area (Å²) in [6.07, 6.45) is 1.23. The van der Waals surface area contributed by atoms with Crippen molar-refractivity contribution < 1.29 is 18.7 Å². The van der Waals surface area contributed by atoms with E-state index in [-0.39, 0.29) is 22.5 Å². The normalized spacial score (nSPS) is 11.0.